The van der Waals surface area contributed by atoms with E-state index in [2.05, 4.69) is 4.98 Å². The van der Waals surface area contributed by atoms with E-state index in [1.807, 2.05) is 37.3 Å². The number of carbonyl (C=O) groups is 1. The summed E-state index contributed by atoms with van der Waals surface area (Å²) in [6.07, 6.45) is 2.73. The summed E-state index contributed by atoms with van der Waals surface area (Å²) in [5, 5.41) is 10.6. The van der Waals surface area contributed by atoms with E-state index in [9.17, 15) is 23.1 Å². The zero-order chi connectivity index (χ0) is 29.3. The van der Waals surface area contributed by atoms with E-state index in [1.165, 1.54) is 4.57 Å². The topological polar surface area (TPSA) is 77.5 Å². The van der Waals surface area contributed by atoms with Gasteiger partial charge < -0.3 is 18.8 Å². The molecule has 0 saturated carbocycles. The third-order valence-electron chi connectivity index (χ3n) is 7.90. The lowest BCUT2D eigenvalue weighted by Gasteiger charge is -2.48. The Morgan fingerprint density at radius 1 is 0.927 bits per heavy atom. The van der Waals surface area contributed by atoms with Crippen molar-refractivity contribution in [3.8, 4) is 17.2 Å². The lowest BCUT2D eigenvalue weighted by Crippen LogP contribution is -2.57. The van der Waals surface area contributed by atoms with Crippen molar-refractivity contribution in [2.45, 2.75) is 44.6 Å². The monoisotopic (exact) mass is 568 g/mol. The fourth-order valence-corrected chi connectivity index (χ4v) is 5.72. The smallest absolute Gasteiger partial charge is 0.330 e. The van der Waals surface area contributed by atoms with Crippen LogP contribution < -0.4 is 4.74 Å². The van der Waals surface area contributed by atoms with Crippen molar-refractivity contribution in [2.75, 3.05) is 26.6 Å². The number of aliphatic carboxylic acids is 1. The molecular formula is C32H35F3N2O4. The largest absolute Gasteiger partial charge is 0.493 e. The normalized spacial score (nSPS) is 13.2. The Labute approximate surface area is 237 Å². The van der Waals surface area contributed by atoms with E-state index >= 15 is 0 Å². The number of carboxylic acids is 1. The highest BCUT2D eigenvalue weighted by Gasteiger charge is 2.57. The summed E-state index contributed by atoms with van der Waals surface area (Å²) in [7, 11) is 0. The quantitative estimate of drug-likeness (QED) is 0.155. The summed E-state index contributed by atoms with van der Waals surface area (Å²) >= 11 is 0. The molecule has 0 aliphatic carbocycles. The van der Waals surface area contributed by atoms with Crippen LogP contribution in [0.2, 0.25) is 0 Å². The van der Waals surface area contributed by atoms with Crippen LogP contribution in [0.5, 0.6) is 5.75 Å². The van der Waals surface area contributed by atoms with Crippen LogP contribution in [0.4, 0.5) is 13.2 Å². The maximum atomic E-state index is 13.8. The maximum Gasteiger partial charge on any atom is 0.330 e. The average molecular weight is 569 g/mol. The Morgan fingerprint density at radius 3 is 2.10 bits per heavy atom. The highest BCUT2D eigenvalue weighted by atomic mass is 19.1. The SMILES string of the molecule is Cc1oc(-c2ccccc2)nc1CCOc1ccc(C[C@](C(=O)O)(n2cccc2)C(CCF)(CCF)CCF)cc1. The minimum atomic E-state index is -1.80. The zero-order valence-electron chi connectivity index (χ0n) is 23.1. The van der Waals surface area contributed by atoms with E-state index in [4.69, 9.17) is 9.15 Å². The number of alkyl halides is 3. The second-order valence-corrected chi connectivity index (χ2v) is 10.2. The van der Waals surface area contributed by atoms with Crippen LogP contribution in [0.3, 0.4) is 0 Å². The molecule has 2 heterocycles. The second-order valence-electron chi connectivity index (χ2n) is 10.2. The van der Waals surface area contributed by atoms with Gasteiger partial charge in [-0.2, -0.15) is 0 Å². The molecule has 0 fully saturated rings. The molecule has 0 radical (unpaired) electrons. The van der Waals surface area contributed by atoms with Gasteiger partial charge in [-0.25, -0.2) is 9.78 Å². The molecule has 1 N–H and O–H groups in total. The summed E-state index contributed by atoms with van der Waals surface area (Å²) in [6, 6.07) is 19.8. The molecule has 0 unspecified atom stereocenters. The van der Waals surface area contributed by atoms with E-state index in [1.54, 1.807) is 48.8 Å². The molecule has 0 aliphatic rings. The summed E-state index contributed by atoms with van der Waals surface area (Å²) in [5.41, 5.74) is -0.981. The second kappa shape index (κ2) is 13.6. The number of oxazole rings is 1. The number of rotatable bonds is 16. The molecule has 0 bridgehead atoms. The van der Waals surface area contributed by atoms with E-state index < -0.39 is 36.9 Å². The zero-order valence-corrected chi connectivity index (χ0v) is 23.1. The van der Waals surface area contributed by atoms with Gasteiger partial charge in [0.2, 0.25) is 5.89 Å². The molecule has 218 valence electrons. The first-order chi connectivity index (χ1) is 19.9. The van der Waals surface area contributed by atoms with E-state index in [-0.39, 0.29) is 25.7 Å². The fraction of sp³-hybridized carbons (Fsp3) is 0.375. The van der Waals surface area contributed by atoms with E-state index in [0.717, 1.165) is 17.0 Å². The molecule has 0 saturated heterocycles. The van der Waals surface area contributed by atoms with Crippen molar-refractivity contribution in [1.29, 1.82) is 0 Å². The number of halogens is 3. The summed E-state index contributed by atoms with van der Waals surface area (Å²) in [4.78, 5) is 17.6. The van der Waals surface area contributed by atoms with Gasteiger partial charge in [-0.15, -0.1) is 0 Å². The Morgan fingerprint density at radius 2 is 1.54 bits per heavy atom. The molecule has 2 aromatic heterocycles. The number of nitrogens with zero attached hydrogens (tertiary/aromatic N) is 2. The molecule has 41 heavy (non-hydrogen) atoms. The van der Waals surface area contributed by atoms with Crippen LogP contribution in [-0.4, -0.2) is 47.3 Å². The van der Waals surface area contributed by atoms with E-state index in [0.29, 0.717) is 30.2 Å². The average Bonchev–Trinajstić information content (AvgIpc) is 3.64. The minimum absolute atomic E-state index is 0.0856. The number of ether oxygens (including phenoxy) is 1. The summed E-state index contributed by atoms with van der Waals surface area (Å²) in [5.74, 6) is 0.581. The van der Waals surface area contributed by atoms with Crippen molar-refractivity contribution in [1.82, 2.24) is 9.55 Å². The van der Waals surface area contributed by atoms with Crippen LogP contribution in [0.1, 0.15) is 36.3 Å². The first-order valence-corrected chi connectivity index (χ1v) is 13.7. The lowest BCUT2D eigenvalue weighted by atomic mass is 9.61. The van der Waals surface area contributed by atoms with Crippen molar-refractivity contribution in [3.05, 3.63) is 96.1 Å². The molecular weight excluding hydrogens is 533 g/mol. The van der Waals surface area contributed by atoms with Crippen molar-refractivity contribution >= 4 is 5.97 Å². The number of hydrogen-bond donors (Lipinski definition) is 1. The Balaban J connectivity index is 1.52. The molecule has 1 atom stereocenters. The summed E-state index contributed by atoms with van der Waals surface area (Å²) in [6.45, 7) is -0.462. The van der Waals surface area contributed by atoms with Crippen LogP contribution in [0.25, 0.3) is 11.5 Å². The van der Waals surface area contributed by atoms with Gasteiger partial charge in [-0.1, -0.05) is 30.3 Å². The summed E-state index contributed by atoms with van der Waals surface area (Å²) < 4.78 is 54.7. The molecule has 0 amide bonds. The third-order valence-corrected chi connectivity index (χ3v) is 7.90. The lowest BCUT2D eigenvalue weighted by molar-refractivity contribution is -0.159. The highest BCUT2D eigenvalue weighted by molar-refractivity contribution is 5.79. The van der Waals surface area contributed by atoms with Gasteiger partial charge >= 0.3 is 5.97 Å². The number of aromatic nitrogens is 2. The molecule has 2 aromatic carbocycles. The number of carboxylic acid groups (broad SMARTS) is 1. The molecule has 0 spiro atoms. The third kappa shape index (κ3) is 6.34. The van der Waals surface area contributed by atoms with Crippen LogP contribution in [0, 0.1) is 12.3 Å². The Kier molecular flexibility index (Phi) is 9.91. The van der Waals surface area contributed by atoms with Crippen molar-refractivity contribution < 1.29 is 32.2 Å². The molecule has 0 aliphatic heterocycles. The number of aryl methyl sites for hydroxylation is 1. The fourth-order valence-electron chi connectivity index (χ4n) is 5.72. The molecule has 6 nitrogen and oxygen atoms in total. The van der Waals surface area contributed by atoms with Gasteiger partial charge in [0.1, 0.15) is 11.5 Å². The van der Waals surface area contributed by atoms with Crippen molar-refractivity contribution in [2.24, 2.45) is 5.41 Å². The molecule has 9 heteroatoms. The molecule has 4 aromatic rings. The van der Waals surface area contributed by atoms with Crippen LogP contribution >= 0.6 is 0 Å². The first kappa shape index (κ1) is 30.0. The van der Waals surface area contributed by atoms with Gasteiger partial charge in [0.15, 0.2) is 5.54 Å². The van der Waals surface area contributed by atoms with Crippen molar-refractivity contribution in [3.63, 3.8) is 0 Å². The van der Waals surface area contributed by atoms with Gasteiger partial charge in [-0.05, 0) is 68.1 Å². The highest BCUT2D eigenvalue weighted by Crippen LogP contribution is 2.49. The maximum absolute atomic E-state index is 13.8. The number of benzene rings is 2. The Bertz CT molecular complexity index is 1360. The number of hydrogen-bond acceptors (Lipinski definition) is 4. The first-order valence-electron chi connectivity index (χ1n) is 13.7. The van der Waals surface area contributed by atoms with Gasteiger partial charge in [0.05, 0.1) is 32.3 Å². The molecule has 4 rings (SSSR count). The van der Waals surface area contributed by atoms with Gasteiger partial charge in [0, 0.05) is 36.2 Å². The van der Waals surface area contributed by atoms with Crippen LogP contribution in [-0.2, 0) is 23.2 Å². The predicted molar refractivity (Wildman–Crippen MR) is 150 cm³/mol. The van der Waals surface area contributed by atoms with Gasteiger partial charge in [-0.3, -0.25) is 13.2 Å². The Hall–Kier alpha value is -4.01. The van der Waals surface area contributed by atoms with Gasteiger partial charge in [0.25, 0.3) is 0 Å². The van der Waals surface area contributed by atoms with Crippen LogP contribution in [0.15, 0.2) is 83.5 Å². The minimum Gasteiger partial charge on any atom is -0.493 e. The predicted octanol–water partition coefficient (Wildman–Crippen LogP) is 7.16. The standard InChI is InChI=1S/C32H35F3N2O4/c1-24-28(36-29(41-24)26-7-3-2-4-8-26)13-22-40-27-11-9-25(10-12-27)23-32(30(38)39,37-20-5-6-21-37)31(14-17-33,15-18-34)16-19-35/h2-12,20-21H,13-19,22-23H2,1H3,(H,38,39)/t32-/m1/s1.